The van der Waals surface area contributed by atoms with E-state index in [0.29, 0.717) is 11.3 Å². The van der Waals surface area contributed by atoms with Crippen molar-refractivity contribution >= 4 is 34.0 Å². The Labute approximate surface area is 168 Å². The minimum Gasteiger partial charge on any atom is -0.476 e. The molecule has 0 unspecified atom stereocenters. The number of carbonyl (C=O) groups is 2. The lowest BCUT2D eigenvalue weighted by molar-refractivity contribution is -0.390. The third kappa shape index (κ3) is 4.58. The molecular weight excluding hydrogens is 402 g/mol. The van der Waals surface area contributed by atoms with E-state index in [9.17, 15) is 19.7 Å². The topological polar surface area (TPSA) is 134 Å². The van der Waals surface area contributed by atoms with Gasteiger partial charge in [-0.2, -0.15) is 0 Å². The molecule has 0 bridgehead atoms. The van der Waals surface area contributed by atoms with Crippen molar-refractivity contribution < 1.29 is 28.4 Å². The standard InChI is InChI=1S/C18H15N3O7S/c1-2-26-18(23)15-11(12-6-4-8-27-12)10-29-17(15)20-14(22)9-28-13-5-3-7-19-16(13)21(24)25/h3-8,10H,2,9H2,1H3,(H,20,22). The molecule has 0 aromatic carbocycles. The molecule has 0 aliphatic carbocycles. The first-order valence-corrected chi connectivity index (χ1v) is 9.23. The molecule has 3 rings (SSSR count). The number of hydrogen-bond donors (Lipinski definition) is 1. The maximum atomic E-state index is 12.4. The maximum Gasteiger partial charge on any atom is 0.406 e. The van der Waals surface area contributed by atoms with Gasteiger partial charge in [-0.3, -0.25) is 4.79 Å². The van der Waals surface area contributed by atoms with E-state index in [1.54, 1.807) is 24.4 Å². The van der Waals surface area contributed by atoms with E-state index in [1.807, 2.05) is 0 Å². The van der Waals surface area contributed by atoms with Gasteiger partial charge < -0.3 is 29.3 Å². The van der Waals surface area contributed by atoms with Gasteiger partial charge in [0, 0.05) is 10.9 Å². The van der Waals surface area contributed by atoms with Crippen molar-refractivity contribution in [2.45, 2.75) is 6.92 Å². The van der Waals surface area contributed by atoms with Crippen molar-refractivity contribution in [2.24, 2.45) is 0 Å². The summed E-state index contributed by atoms with van der Waals surface area (Å²) in [4.78, 5) is 38.6. The fraction of sp³-hybridized carbons (Fsp3) is 0.167. The molecular formula is C18H15N3O7S. The molecule has 11 heteroatoms. The number of nitrogens with zero attached hydrogens (tertiary/aromatic N) is 2. The van der Waals surface area contributed by atoms with Crippen LogP contribution in [0.4, 0.5) is 10.8 Å². The number of amides is 1. The molecule has 3 aromatic rings. The minimum absolute atomic E-state index is 0.138. The Morgan fingerprint density at radius 1 is 1.34 bits per heavy atom. The Kier molecular flexibility index (Phi) is 6.19. The maximum absolute atomic E-state index is 12.4. The first-order chi connectivity index (χ1) is 14.0. The number of carbonyl (C=O) groups excluding carboxylic acids is 2. The molecule has 3 aromatic heterocycles. The van der Waals surface area contributed by atoms with Crippen LogP contribution in [0.3, 0.4) is 0 Å². The SMILES string of the molecule is CCOC(=O)c1c(-c2ccco2)csc1NC(=O)COc1cccnc1[N+](=O)[O-]. The number of furan rings is 1. The number of nitrogens with one attached hydrogen (secondary N) is 1. The van der Waals surface area contributed by atoms with Crippen LogP contribution in [-0.4, -0.2) is 35.0 Å². The highest BCUT2D eigenvalue weighted by Gasteiger charge is 2.24. The van der Waals surface area contributed by atoms with Gasteiger partial charge >= 0.3 is 11.8 Å². The first-order valence-electron chi connectivity index (χ1n) is 8.35. The number of pyridine rings is 1. The summed E-state index contributed by atoms with van der Waals surface area (Å²) in [5.74, 6) is -1.41. The van der Waals surface area contributed by atoms with Crippen molar-refractivity contribution in [2.75, 3.05) is 18.5 Å². The zero-order valence-electron chi connectivity index (χ0n) is 15.1. The van der Waals surface area contributed by atoms with Crippen LogP contribution < -0.4 is 10.1 Å². The van der Waals surface area contributed by atoms with Crippen LogP contribution in [0.1, 0.15) is 17.3 Å². The summed E-state index contributed by atoms with van der Waals surface area (Å²) in [6.07, 6.45) is 2.72. The highest BCUT2D eigenvalue weighted by atomic mass is 32.1. The Bertz CT molecular complexity index is 1030. The average molecular weight is 417 g/mol. The van der Waals surface area contributed by atoms with Gasteiger partial charge in [0.05, 0.1) is 12.9 Å². The molecule has 0 saturated heterocycles. The van der Waals surface area contributed by atoms with E-state index in [1.165, 1.54) is 24.6 Å². The summed E-state index contributed by atoms with van der Waals surface area (Å²) in [5.41, 5.74) is 0.644. The van der Waals surface area contributed by atoms with E-state index >= 15 is 0 Å². The molecule has 0 radical (unpaired) electrons. The van der Waals surface area contributed by atoms with Crippen LogP contribution >= 0.6 is 11.3 Å². The smallest absolute Gasteiger partial charge is 0.406 e. The van der Waals surface area contributed by atoms with Crippen LogP contribution in [0.5, 0.6) is 5.75 Å². The van der Waals surface area contributed by atoms with Gasteiger partial charge in [0.25, 0.3) is 5.91 Å². The number of ether oxygens (including phenoxy) is 2. The van der Waals surface area contributed by atoms with Gasteiger partial charge in [-0.25, -0.2) is 4.79 Å². The molecule has 0 fully saturated rings. The Morgan fingerprint density at radius 3 is 2.86 bits per heavy atom. The monoisotopic (exact) mass is 417 g/mol. The third-order valence-corrected chi connectivity index (χ3v) is 4.49. The van der Waals surface area contributed by atoms with E-state index in [0.717, 1.165) is 11.3 Å². The van der Waals surface area contributed by atoms with Gasteiger partial charge in [0.2, 0.25) is 5.75 Å². The minimum atomic E-state index is -0.707. The predicted molar refractivity (Wildman–Crippen MR) is 103 cm³/mol. The quantitative estimate of drug-likeness (QED) is 0.334. The highest BCUT2D eigenvalue weighted by Crippen LogP contribution is 2.36. The number of aromatic nitrogens is 1. The first kappa shape index (κ1) is 20.0. The lowest BCUT2D eigenvalue weighted by atomic mass is 10.1. The number of hydrogen-bond acceptors (Lipinski definition) is 9. The van der Waals surface area contributed by atoms with Crippen LogP contribution in [0.25, 0.3) is 11.3 Å². The van der Waals surface area contributed by atoms with Crippen LogP contribution in [0.2, 0.25) is 0 Å². The van der Waals surface area contributed by atoms with Crippen molar-refractivity contribution in [1.82, 2.24) is 4.98 Å². The average Bonchev–Trinajstić information content (AvgIpc) is 3.36. The summed E-state index contributed by atoms with van der Waals surface area (Å²) in [7, 11) is 0. The van der Waals surface area contributed by atoms with Gasteiger partial charge in [0.1, 0.15) is 22.5 Å². The molecule has 1 N–H and O–H groups in total. The Balaban J connectivity index is 1.77. The largest absolute Gasteiger partial charge is 0.476 e. The second-order valence-corrected chi connectivity index (χ2v) is 6.35. The summed E-state index contributed by atoms with van der Waals surface area (Å²) in [6, 6.07) is 6.15. The van der Waals surface area contributed by atoms with Crippen molar-refractivity contribution in [3.8, 4) is 17.1 Å². The van der Waals surface area contributed by atoms with Crippen molar-refractivity contribution in [1.29, 1.82) is 0 Å². The lowest BCUT2D eigenvalue weighted by Gasteiger charge is -2.09. The number of thiophene rings is 1. The normalized spacial score (nSPS) is 10.4. The number of rotatable bonds is 8. The molecule has 29 heavy (non-hydrogen) atoms. The van der Waals surface area contributed by atoms with E-state index < -0.39 is 29.2 Å². The van der Waals surface area contributed by atoms with Gasteiger partial charge in [-0.05, 0) is 41.1 Å². The van der Waals surface area contributed by atoms with Crippen LogP contribution in [-0.2, 0) is 9.53 Å². The number of nitro groups is 1. The van der Waals surface area contributed by atoms with Gasteiger partial charge in [-0.15, -0.1) is 11.3 Å². The van der Waals surface area contributed by atoms with Crippen molar-refractivity contribution in [3.05, 3.63) is 57.8 Å². The lowest BCUT2D eigenvalue weighted by Crippen LogP contribution is -2.21. The summed E-state index contributed by atoms with van der Waals surface area (Å²) in [6.45, 7) is 1.32. The molecule has 0 aliphatic rings. The summed E-state index contributed by atoms with van der Waals surface area (Å²) >= 11 is 1.12. The fourth-order valence-corrected chi connectivity index (χ4v) is 3.36. The summed E-state index contributed by atoms with van der Waals surface area (Å²) < 4.78 is 15.6. The molecule has 10 nitrogen and oxygen atoms in total. The molecule has 0 spiro atoms. The zero-order valence-corrected chi connectivity index (χ0v) is 15.9. The molecule has 0 atom stereocenters. The van der Waals surface area contributed by atoms with Gasteiger partial charge in [0.15, 0.2) is 6.61 Å². The Morgan fingerprint density at radius 2 is 2.17 bits per heavy atom. The van der Waals surface area contributed by atoms with Crippen LogP contribution in [0.15, 0.2) is 46.5 Å². The molecule has 150 valence electrons. The molecule has 0 saturated carbocycles. The Hall–Kier alpha value is -3.73. The van der Waals surface area contributed by atoms with Crippen molar-refractivity contribution in [3.63, 3.8) is 0 Å². The second kappa shape index (κ2) is 8.97. The predicted octanol–water partition coefficient (Wildman–Crippen LogP) is 3.51. The fourth-order valence-electron chi connectivity index (χ4n) is 2.41. The molecule has 1 amide bonds. The highest BCUT2D eigenvalue weighted by molar-refractivity contribution is 7.15. The van der Waals surface area contributed by atoms with E-state index in [2.05, 4.69) is 10.3 Å². The number of esters is 1. The summed E-state index contributed by atoms with van der Waals surface area (Å²) in [5, 5.41) is 15.4. The van der Waals surface area contributed by atoms with Crippen LogP contribution in [0, 0.1) is 10.1 Å². The molecule has 0 aliphatic heterocycles. The molecule has 3 heterocycles. The third-order valence-electron chi connectivity index (χ3n) is 3.59. The van der Waals surface area contributed by atoms with E-state index in [-0.39, 0.29) is 22.9 Å². The number of anilines is 1. The second-order valence-electron chi connectivity index (χ2n) is 5.47. The van der Waals surface area contributed by atoms with E-state index in [4.69, 9.17) is 13.9 Å². The van der Waals surface area contributed by atoms with Gasteiger partial charge in [-0.1, -0.05) is 0 Å². The zero-order chi connectivity index (χ0) is 20.8.